The normalized spacial score (nSPS) is 22.2. The van der Waals surface area contributed by atoms with Crippen LogP contribution in [0.2, 0.25) is 0 Å². The maximum Gasteiger partial charge on any atom is 0.0882 e. The van der Waals surface area contributed by atoms with E-state index in [1.807, 2.05) is 59.8 Å². The van der Waals surface area contributed by atoms with Crippen LogP contribution in [0.5, 0.6) is 0 Å². The third-order valence-electron chi connectivity index (χ3n) is 5.70. The summed E-state index contributed by atoms with van der Waals surface area (Å²) in [7, 11) is 0. The summed E-state index contributed by atoms with van der Waals surface area (Å²) in [6.45, 7) is 0. The third kappa shape index (κ3) is 3.35. The molecule has 0 atom stereocenters. The summed E-state index contributed by atoms with van der Waals surface area (Å²) in [6, 6.07) is 4.16. The minimum Gasteiger partial charge on any atom is -0.355 e. The molecule has 162 valence electrons. The van der Waals surface area contributed by atoms with E-state index in [0.29, 0.717) is 0 Å². The van der Waals surface area contributed by atoms with Crippen LogP contribution in [0.15, 0.2) is 121 Å². The molecule has 6 nitrogen and oxygen atoms in total. The highest BCUT2D eigenvalue weighted by atomic mass is 32.2. The fourth-order valence-corrected chi connectivity index (χ4v) is 5.65. The zero-order valence-electron chi connectivity index (χ0n) is 17.7. The van der Waals surface area contributed by atoms with E-state index < -0.39 is 0 Å². The second-order valence-electron chi connectivity index (χ2n) is 7.89. The van der Waals surface area contributed by atoms with Crippen molar-refractivity contribution in [3.63, 3.8) is 0 Å². The molecule has 0 amide bonds. The van der Waals surface area contributed by atoms with Crippen LogP contribution < -0.4 is 5.32 Å². The smallest absolute Gasteiger partial charge is 0.0882 e. The molecule has 0 aromatic carbocycles. The molecule has 0 aliphatic carbocycles. The molecular formula is C26H16N6S2. The van der Waals surface area contributed by atoms with Crippen LogP contribution in [0.4, 0.5) is 0 Å². The van der Waals surface area contributed by atoms with Crippen molar-refractivity contribution in [3.8, 4) is 0 Å². The van der Waals surface area contributed by atoms with Crippen molar-refractivity contribution in [2.45, 2.75) is 0 Å². The first-order chi connectivity index (χ1) is 16.8. The first kappa shape index (κ1) is 19.5. The Labute approximate surface area is 203 Å². The fourth-order valence-electron chi connectivity index (χ4n) is 4.22. The zero-order valence-corrected chi connectivity index (χ0v) is 19.3. The van der Waals surface area contributed by atoms with Gasteiger partial charge in [0.1, 0.15) is 0 Å². The topological polar surface area (TPSA) is 77.8 Å². The van der Waals surface area contributed by atoms with Gasteiger partial charge in [-0.3, -0.25) is 4.98 Å². The van der Waals surface area contributed by atoms with E-state index in [-0.39, 0.29) is 0 Å². The Morgan fingerprint density at radius 3 is 2.41 bits per heavy atom. The van der Waals surface area contributed by atoms with E-state index in [9.17, 15) is 0 Å². The highest BCUT2D eigenvalue weighted by Crippen LogP contribution is 2.34. The Morgan fingerprint density at radius 1 is 0.794 bits per heavy atom. The molecule has 0 spiro atoms. The molecule has 2 N–H and O–H groups in total. The number of rotatable bonds is 1. The summed E-state index contributed by atoms with van der Waals surface area (Å²) >= 11 is 3.24. The van der Waals surface area contributed by atoms with E-state index in [0.717, 1.165) is 66.7 Å². The summed E-state index contributed by atoms with van der Waals surface area (Å²) in [4.78, 5) is 23.6. The molecular weight excluding hydrogens is 460 g/mol. The number of aromatic nitrogens is 2. The molecule has 34 heavy (non-hydrogen) atoms. The number of allylic oxidation sites excluding steroid dienone is 8. The zero-order chi connectivity index (χ0) is 22.5. The Balaban J connectivity index is 1.45. The number of thioether (sulfide) groups is 1. The van der Waals surface area contributed by atoms with E-state index in [1.54, 1.807) is 23.1 Å². The minimum absolute atomic E-state index is 0.862. The molecule has 0 fully saturated rings. The fraction of sp³-hybridized carbons (Fsp3) is 0. The van der Waals surface area contributed by atoms with Gasteiger partial charge in [0, 0.05) is 29.4 Å². The Bertz CT molecular complexity index is 1570. The number of hydrogen-bond donors (Lipinski definition) is 2. The molecule has 7 heterocycles. The number of hydrogen-bond acceptors (Lipinski definition) is 7. The number of nitrogens with zero attached hydrogens (tertiary/aromatic N) is 4. The first-order valence-corrected chi connectivity index (χ1v) is 12.5. The van der Waals surface area contributed by atoms with Gasteiger partial charge in [0.25, 0.3) is 0 Å². The quantitative estimate of drug-likeness (QED) is 0.569. The van der Waals surface area contributed by atoms with Gasteiger partial charge in [0.05, 0.1) is 55.2 Å². The Morgan fingerprint density at radius 2 is 1.65 bits per heavy atom. The molecule has 0 radical (unpaired) electrons. The average molecular weight is 477 g/mol. The summed E-state index contributed by atoms with van der Waals surface area (Å²) in [5, 5.41) is 6.38. The molecule has 5 aliphatic rings. The monoisotopic (exact) mass is 476 g/mol. The molecule has 2 aromatic heterocycles. The maximum atomic E-state index is 4.92. The van der Waals surface area contributed by atoms with Crippen molar-refractivity contribution in [1.82, 2.24) is 15.3 Å². The van der Waals surface area contributed by atoms with Gasteiger partial charge in [-0.15, -0.1) is 11.3 Å². The number of fused-ring (bicyclic) bond motifs is 5. The second kappa shape index (κ2) is 7.79. The predicted octanol–water partition coefficient (Wildman–Crippen LogP) is 5.52. The van der Waals surface area contributed by atoms with E-state index in [4.69, 9.17) is 15.0 Å². The number of H-pyrrole nitrogens is 1. The SMILES string of the molecule is C1=CSC(=C2C3=NC(=CC4=NC(=C(c5cncs5)c5ccc([nH]5)C=C5C=CC2=N5)C=C4)C=C3)N1. The van der Waals surface area contributed by atoms with Gasteiger partial charge in [-0.25, -0.2) is 15.0 Å². The van der Waals surface area contributed by atoms with Crippen molar-refractivity contribution in [1.29, 1.82) is 0 Å². The van der Waals surface area contributed by atoms with Gasteiger partial charge in [-0.05, 0) is 66.1 Å². The number of thiazole rings is 1. The summed E-state index contributed by atoms with van der Waals surface area (Å²) in [5.74, 6) is 0. The lowest BCUT2D eigenvalue weighted by Gasteiger charge is -2.09. The average Bonchev–Trinajstić information content (AvgIpc) is 3.67. The molecule has 0 saturated heterocycles. The largest absolute Gasteiger partial charge is 0.355 e. The number of aromatic amines is 1. The van der Waals surface area contributed by atoms with Crippen molar-refractivity contribution in [2.75, 3.05) is 0 Å². The van der Waals surface area contributed by atoms with Crippen molar-refractivity contribution in [3.05, 3.63) is 122 Å². The van der Waals surface area contributed by atoms with Gasteiger partial charge in [0.2, 0.25) is 0 Å². The Kier molecular flexibility index (Phi) is 4.46. The van der Waals surface area contributed by atoms with Crippen LogP contribution in [-0.2, 0) is 0 Å². The summed E-state index contributed by atoms with van der Waals surface area (Å²) in [5.41, 5.74) is 11.1. The maximum absolute atomic E-state index is 4.92. The summed E-state index contributed by atoms with van der Waals surface area (Å²) < 4.78 is 0. The standard InChI is InChI=1S/C26H16N6S2/c1-5-19-24(23-13-27-14-34-23)20-6-2-16(30-20)12-18-4-8-22(32-18)25(26-28-9-10-33-26)21-7-3-17(31-21)11-15(1)29-19/h1-14,28-29H. The molecule has 0 saturated carbocycles. The van der Waals surface area contributed by atoms with Crippen LogP contribution in [-0.4, -0.2) is 27.1 Å². The lowest BCUT2D eigenvalue weighted by molar-refractivity contribution is 1.18. The number of aliphatic imine (C=N–C) groups is 3. The van der Waals surface area contributed by atoms with E-state index >= 15 is 0 Å². The minimum atomic E-state index is 0.862. The molecule has 2 aromatic rings. The van der Waals surface area contributed by atoms with Crippen molar-refractivity contribution < 1.29 is 0 Å². The second-order valence-corrected chi connectivity index (χ2v) is 9.69. The molecule has 0 unspecified atom stereocenters. The first-order valence-electron chi connectivity index (χ1n) is 10.7. The van der Waals surface area contributed by atoms with Crippen LogP contribution >= 0.6 is 23.1 Å². The third-order valence-corrected chi connectivity index (χ3v) is 7.32. The summed E-state index contributed by atoms with van der Waals surface area (Å²) in [6.07, 6.45) is 20.1. The lowest BCUT2D eigenvalue weighted by atomic mass is 10.1. The van der Waals surface area contributed by atoms with E-state index in [2.05, 4.69) is 39.6 Å². The molecule has 8 bridgehead atoms. The van der Waals surface area contributed by atoms with Gasteiger partial charge in [-0.1, -0.05) is 11.8 Å². The lowest BCUT2D eigenvalue weighted by Crippen LogP contribution is -2.14. The van der Waals surface area contributed by atoms with Crippen molar-refractivity contribution in [2.24, 2.45) is 15.0 Å². The van der Waals surface area contributed by atoms with Gasteiger partial charge < -0.3 is 10.3 Å². The van der Waals surface area contributed by atoms with Crippen LogP contribution in [0.1, 0.15) is 16.3 Å². The molecule has 8 heteroatoms. The van der Waals surface area contributed by atoms with Crippen molar-refractivity contribution >= 4 is 51.9 Å². The van der Waals surface area contributed by atoms with Gasteiger partial charge >= 0.3 is 0 Å². The molecule has 5 aliphatic heterocycles. The van der Waals surface area contributed by atoms with E-state index in [1.165, 1.54) is 0 Å². The molecule has 7 rings (SSSR count). The highest BCUT2D eigenvalue weighted by molar-refractivity contribution is 8.06. The van der Waals surface area contributed by atoms with Gasteiger partial charge in [0.15, 0.2) is 0 Å². The highest BCUT2D eigenvalue weighted by Gasteiger charge is 2.23. The Hall–Kier alpha value is -4.01. The van der Waals surface area contributed by atoms with Crippen LogP contribution in [0.3, 0.4) is 0 Å². The van der Waals surface area contributed by atoms with Crippen LogP contribution in [0.25, 0.3) is 11.6 Å². The van der Waals surface area contributed by atoms with Gasteiger partial charge in [-0.2, -0.15) is 0 Å². The van der Waals surface area contributed by atoms with Crippen LogP contribution in [0, 0.1) is 0 Å². The number of nitrogens with one attached hydrogen (secondary N) is 2. The predicted molar refractivity (Wildman–Crippen MR) is 142 cm³/mol.